The maximum absolute atomic E-state index is 5.39. The van der Waals surface area contributed by atoms with Crippen LogP contribution in [0.3, 0.4) is 0 Å². The number of nitrogens with one attached hydrogen (secondary N) is 1. The summed E-state index contributed by atoms with van der Waals surface area (Å²) in [7, 11) is 5.53. The maximum atomic E-state index is 5.39. The molecule has 1 aromatic heterocycles. The van der Waals surface area contributed by atoms with Crippen LogP contribution in [0.5, 0.6) is 5.75 Å². The SMILES string of the molecule is CNc1ncnc(N(C)CC2CC2C)c1OC. The number of rotatable bonds is 5. The van der Waals surface area contributed by atoms with E-state index in [1.54, 1.807) is 13.4 Å². The van der Waals surface area contributed by atoms with Gasteiger partial charge in [-0.05, 0) is 18.3 Å². The van der Waals surface area contributed by atoms with Crippen LogP contribution in [0.1, 0.15) is 13.3 Å². The van der Waals surface area contributed by atoms with Gasteiger partial charge < -0.3 is 15.0 Å². The lowest BCUT2D eigenvalue weighted by atomic mass is 10.3. The van der Waals surface area contributed by atoms with Gasteiger partial charge in [0.25, 0.3) is 0 Å². The van der Waals surface area contributed by atoms with Crippen molar-refractivity contribution in [2.24, 2.45) is 11.8 Å². The zero-order valence-corrected chi connectivity index (χ0v) is 10.9. The lowest BCUT2D eigenvalue weighted by Crippen LogP contribution is -2.22. The third kappa shape index (κ3) is 2.43. The van der Waals surface area contributed by atoms with Crippen molar-refractivity contribution in [1.29, 1.82) is 0 Å². The summed E-state index contributed by atoms with van der Waals surface area (Å²) in [5.74, 6) is 3.93. The summed E-state index contributed by atoms with van der Waals surface area (Å²) < 4.78 is 5.39. The fraction of sp³-hybridized carbons (Fsp3) is 0.667. The molecule has 5 heteroatoms. The van der Waals surface area contributed by atoms with Gasteiger partial charge in [-0.1, -0.05) is 6.92 Å². The maximum Gasteiger partial charge on any atom is 0.204 e. The summed E-state index contributed by atoms with van der Waals surface area (Å²) in [6.45, 7) is 3.31. The highest BCUT2D eigenvalue weighted by molar-refractivity contribution is 5.64. The molecule has 1 aromatic rings. The standard InChI is InChI=1S/C12H20N4O/c1-8-5-9(8)6-16(3)12-10(17-4)11(13-2)14-7-15-12/h7-9H,5-6H2,1-4H3,(H,13,14,15). The van der Waals surface area contributed by atoms with Crippen LogP contribution in [0.2, 0.25) is 0 Å². The molecule has 1 N–H and O–H groups in total. The Bertz CT molecular complexity index is 396. The molecule has 1 aliphatic rings. The molecule has 5 nitrogen and oxygen atoms in total. The Labute approximate surface area is 102 Å². The molecular weight excluding hydrogens is 216 g/mol. The average molecular weight is 236 g/mol. The van der Waals surface area contributed by atoms with Gasteiger partial charge in [0.2, 0.25) is 5.75 Å². The quantitative estimate of drug-likeness (QED) is 0.842. The molecule has 94 valence electrons. The van der Waals surface area contributed by atoms with Crippen molar-refractivity contribution in [3.8, 4) is 5.75 Å². The van der Waals surface area contributed by atoms with E-state index < -0.39 is 0 Å². The summed E-state index contributed by atoms with van der Waals surface area (Å²) >= 11 is 0. The van der Waals surface area contributed by atoms with E-state index in [1.165, 1.54) is 6.42 Å². The highest BCUT2D eigenvalue weighted by Crippen LogP contribution is 2.40. The van der Waals surface area contributed by atoms with E-state index in [-0.39, 0.29) is 0 Å². The van der Waals surface area contributed by atoms with E-state index >= 15 is 0 Å². The molecule has 0 saturated heterocycles. The van der Waals surface area contributed by atoms with Gasteiger partial charge in [0, 0.05) is 20.6 Å². The Balaban J connectivity index is 2.18. The first-order valence-electron chi connectivity index (χ1n) is 5.95. The molecule has 0 spiro atoms. The van der Waals surface area contributed by atoms with Gasteiger partial charge in [-0.2, -0.15) is 0 Å². The molecule has 17 heavy (non-hydrogen) atoms. The third-order valence-electron chi connectivity index (χ3n) is 3.37. The highest BCUT2D eigenvalue weighted by Gasteiger charge is 2.34. The van der Waals surface area contributed by atoms with Crippen molar-refractivity contribution in [1.82, 2.24) is 9.97 Å². The first-order chi connectivity index (χ1) is 8.17. The molecule has 2 unspecified atom stereocenters. The van der Waals surface area contributed by atoms with Crippen LogP contribution in [0.25, 0.3) is 0 Å². The van der Waals surface area contributed by atoms with Crippen LogP contribution in [-0.4, -0.2) is 37.7 Å². The van der Waals surface area contributed by atoms with Crippen molar-refractivity contribution in [2.75, 3.05) is 38.0 Å². The molecule has 0 amide bonds. The summed E-state index contributed by atoms with van der Waals surface area (Å²) in [5, 5.41) is 3.02. The van der Waals surface area contributed by atoms with E-state index in [1.807, 2.05) is 7.05 Å². The molecular formula is C12H20N4O. The number of aromatic nitrogens is 2. The van der Waals surface area contributed by atoms with E-state index in [0.29, 0.717) is 5.75 Å². The van der Waals surface area contributed by atoms with E-state index in [2.05, 4.69) is 34.2 Å². The molecule has 2 atom stereocenters. The van der Waals surface area contributed by atoms with Crippen molar-refractivity contribution in [3.63, 3.8) is 0 Å². The average Bonchev–Trinajstić information content (AvgIpc) is 3.03. The smallest absolute Gasteiger partial charge is 0.204 e. The van der Waals surface area contributed by atoms with Crippen molar-refractivity contribution >= 4 is 11.6 Å². The first kappa shape index (κ1) is 12.0. The Morgan fingerprint density at radius 3 is 2.76 bits per heavy atom. The monoisotopic (exact) mass is 236 g/mol. The van der Waals surface area contributed by atoms with Crippen LogP contribution >= 0.6 is 0 Å². The predicted octanol–water partition coefficient (Wildman–Crippen LogP) is 1.62. The van der Waals surface area contributed by atoms with E-state index in [9.17, 15) is 0 Å². The van der Waals surface area contributed by atoms with E-state index in [0.717, 1.165) is 30.0 Å². The Morgan fingerprint density at radius 2 is 2.24 bits per heavy atom. The lowest BCUT2D eigenvalue weighted by Gasteiger charge is -2.21. The second-order valence-electron chi connectivity index (χ2n) is 4.68. The molecule has 0 aromatic carbocycles. The fourth-order valence-electron chi connectivity index (χ4n) is 2.09. The van der Waals surface area contributed by atoms with Crippen LogP contribution in [-0.2, 0) is 0 Å². The van der Waals surface area contributed by atoms with Crippen molar-refractivity contribution in [2.45, 2.75) is 13.3 Å². The van der Waals surface area contributed by atoms with Crippen LogP contribution in [0.15, 0.2) is 6.33 Å². The zero-order chi connectivity index (χ0) is 12.4. The highest BCUT2D eigenvalue weighted by atomic mass is 16.5. The predicted molar refractivity (Wildman–Crippen MR) is 68.7 cm³/mol. The number of nitrogens with zero attached hydrogens (tertiary/aromatic N) is 3. The normalized spacial score (nSPS) is 22.1. The minimum absolute atomic E-state index is 0.714. The molecule has 0 radical (unpaired) electrons. The summed E-state index contributed by atoms with van der Waals surface area (Å²) in [6.07, 6.45) is 2.88. The van der Waals surface area contributed by atoms with Gasteiger partial charge in [0.15, 0.2) is 11.6 Å². The number of hydrogen-bond donors (Lipinski definition) is 1. The number of methoxy groups -OCH3 is 1. The fourth-order valence-corrected chi connectivity index (χ4v) is 2.09. The second kappa shape index (κ2) is 4.77. The van der Waals surface area contributed by atoms with Crippen molar-refractivity contribution in [3.05, 3.63) is 6.33 Å². The second-order valence-corrected chi connectivity index (χ2v) is 4.68. The molecule has 1 saturated carbocycles. The Morgan fingerprint density at radius 1 is 1.53 bits per heavy atom. The van der Waals surface area contributed by atoms with Gasteiger partial charge >= 0.3 is 0 Å². The largest absolute Gasteiger partial charge is 0.490 e. The van der Waals surface area contributed by atoms with Crippen LogP contribution in [0.4, 0.5) is 11.6 Å². The van der Waals surface area contributed by atoms with Gasteiger partial charge in [0.1, 0.15) is 6.33 Å². The summed E-state index contributed by atoms with van der Waals surface area (Å²) in [5.41, 5.74) is 0. The third-order valence-corrected chi connectivity index (χ3v) is 3.37. The van der Waals surface area contributed by atoms with Crippen LogP contribution < -0.4 is 15.0 Å². The molecule has 1 fully saturated rings. The minimum Gasteiger partial charge on any atom is -0.490 e. The van der Waals surface area contributed by atoms with Crippen LogP contribution in [0, 0.1) is 11.8 Å². The van der Waals surface area contributed by atoms with E-state index in [4.69, 9.17) is 4.74 Å². The number of ether oxygens (including phenoxy) is 1. The van der Waals surface area contributed by atoms with Gasteiger partial charge in [-0.3, -0.25) is 0 Å². The molecule has 0 bridgehead atoms. The number of hydrogen-bond acceptors (Lipinski definition) is 5. The molecule has 2 rings (SSSR count). The summed E-state index contributed by atoms with van der Waals surface area (Å²) in [6, 6.07) is 0. The van der Waals surface area contributed by atoms with Crippen molar-refractivity contribution < 1.29 is 4.74 Å². The molecule has 1 heterocycles. The first-order valence-corrected chi connectivity index (χ1v) is 5.95. The minimum atomic E-state index is 0.714. The van der Waals surface area contributed by atoms with Gasteiger partial charge in [0.05, 0.1) is 7.11 Å². The Hall–Kier alpha value is -1.52. The van der Waals surface area contributed by atoms with Gasteiger partial charge in [-0.25, -0.2) is 9.97 Å². The Kier molecular flexibility index (Phi) is 3.36. The number of anilines is 2. The lowest BCUT2D eigenvalue weighted by molar-refractivity contribution is 0.412. The zero-order valence-electron chi connectivity index (χ0n) is 10.9. The van der Waals surface area contributed by atoms with Gasteiger partial charge in [-0.15, -0.1) is 0 Å². The summed E-state index contributed by atoms with van der Waals surface area (Å²) in [4.78, 5) is 10.6. The molecule has 0 aliphatic heterocycles. The topological polar surface area (TPSA) is 50.3 Å². The molecule has 1 aliphatic carbocycles.